The molecule has 0 heterocycles. The minimum Gasteiger partial charge on any atom is -0.444 e. The number of hydrogen-bond acceptors (Lipinski definition) is 3. The molecule has 0 aromatic heterocycles. The average Bonchev–Trinajstić information content (AvgIpc) is 2.99. The molecule has 0 aromatic rings. The highest BCUT2D eigenvalue weighted by molar-refractivity contribution is 5.70. The molecule has 0 bridgehead atoms. The van der Waals surface area contributed by atoms with Crippen LogP contribution in [0, 0.1) is 23.2 Å². The molecule has 2 aliphatic carbocycles. The minimum absolute atomic E-state index is 0.326. The number of nitrogens with one attached hydrogen (secondary N) is 1. The van der Waals surface area contributed by atoms with Crippen molar-refractivity contribution in [3.8, 4) is 6.07 Å². The Morgan fingerprint density at radius 3 is 2.00 bits per heavy atom. The average molecular weight is 236 g/mol. The number of nitriles is 1. The molecule has 0 radical (unpaired) electrons. The fraction of sp³-hybridized carbons (Fsp3) is 0.846. The van der Waals surface area contributed by atoms with Crippen LogP contribution < -0.4 is 5.32 Å². The van der Waals surface area contributed by atoms with E-state index in [1.807, 2.05) is 20.8 Å². The van der Waals surface area contributed by atoms with Gasteiger partial charge in [-0.15, -0.1) is 0 Å². The van der Waals surface area contributed by atoms with Crippen molar-refractivity contribution in [3.05, 3.63) is 0 Å². The molecule has 2 aliphatic rings. The topological polar surface area (TPSA) is 62.1 Å². The van der Waals surface area contributed by atoms with Crippen LogP contribution in [0.15, 0.2) is 0 Å². The van der Waals surface area contributed by atoms with E-state index in [0.29, 0.717) is 11.8 Å². The lowest BCUT2D eigenvalue weighted by Gasteiger charge is -2.29. The molecular weight excluding hydrogens is 216 g/mol. The zero-order valence-corrected chi connectivity index (χ0v) is 10.7. The molecule has 2 rings (SSSR count). The Labute approximate surface area is 102 Å². The van der Waals surface area contributed by atoms with Crippen LogP contribution in [0.25, 0.3) is 0 Å². The zero-order chi connectivity index (χ0) is 12.7. The van der Waals surface area contributed by atoms with Crippen molar-refractivity contribution in [2.75, 3.05) is 0 Å². The molecule has 94 valence electrons. The van der Waals surface area contributed by atoms with E-state index in [0.717, 1.165) is 25.7 Å². The normalized spacial score (nSPS) is 20.6. The van der Waals surface area contributed by atoms with Crippen molar-refractivity contribution in [1.29, 1.82) is 5.26 Å². The maximum atomic E-state index is 11.8. The van der Waals surface area contributed by atoms with Gasteiger partial charge in [0.05, 0.1) is 6.07 Å². The second-order valence-corrected chi connectivity index (χ2v) is 6.16. The monoisotopic (exact) mass is 236 g/mol. The van der Waals surface area contributed by atoms with Crippen molar-refractivity contribution in [2.24, 2.45) is 11.8 Å². The van der Waals surface area contributed by atoms with Crippen molar-refractivity contribution in [1.82, 2.24) is 5.32 Å². The molecule has 1 N–H and O–H groups in total. The third-order valence-corrected chi connectivity index (χ3v) is 3.34. The highest BCUT2D eigenvalue weighted by Gasteiger charge is 2.56. The van der Waals surface area contributed by atoms with Gasteiger partial charge in [-0.1, -0.05) is 0 Å². The van der Waals surface area contributed by atoms with E-state index in [-0.39, 0.29) is 0 Å². The van der Waals surface area contributed by atoms with Crippen molar-refractivity contribution in [3.63, 3.8) is 0 Å². The summed E-state index contributed by atoms with van der Waals surface area (Å²) in [7, 11) is 0. The summed E-state index contributed by atoms with van der Waals surface area (Å²) in [6, 6.07) is 2.34. The largest absolute Gasteiger partial charge is 0.444 e. The first kappa shape index (κ1) is 12.2. The second kappa shape index (κ2) is 3.90. The number of amides is 1. The summed E-state index contributed by atoms with van der Waals surface area (Å²) in [4.78, 5) is 11.8. The highest BCUT2D eigenvalue weighted by atomic mass is 16.6. The third kappa shape index (κ3) is 2.71. The van der Waals surface area contributed by atoms with Crippen molar-refractivity contribution in [2.45, 2.75) is 57.6 Å². The smallest absolute Gasteiger partial charge is 0.408 e. The van der Waals surface area contributed by atoms with Gasteiger partial charge in [-0.2, -0.15) is 5.26 Å². The summed E-state index contributed by atoms with van der Waals surface area (Å²) < 4.78 is 5.25. The van der Waals surface area contributed by atoms with Crippen LogP contribution in [0.1, 0.15) is 46.5 Å². The Hall–Kier alpha value is -1.24. The van der Waals surface area contributed by atoms with E-state index >= 15 is 0 Å². The summed E-state index contributed by atoms with van der Waals surface area (Å²) >= 11 is 0. The van der Waals surface area contributed by atoms with Gasteiger partial charge in [-0.05, 0) is 58.3 Å². The summed E-state index contributed by atoms with van der Waals surface area (Å²) in [5.74, 6) is 0.653. The lowest BCUT2D eigenvalue weighted by molar-refractivity contribution is 0.0457. The van der Waals surface area contributed by atoms with E-state index < -0.39 is 17.2 Å². The Morgan fingerprint density at radius 1 is 1.24 bits per heavy atom. The molecule has 4 heteroatoms. The lowest BCUT2D eigenvalue weighted by Crippen LogP contribution is -2.52. The van der Waals surface area contributed by atoms with Gasteiger partial charge in [0.15, 0.2) is 0 Å². The molecule has 1 amide bonds. The van der Waals surface area contributed by atoms with E-state index in [4.69, 9.17) is 4.74 Å². The van der Waals surface area contributed by atoms with E-state index in [2.05, 4.69) is 11.4 Å². The predicted octanol–water partition coefficient (Wildman–Crippen LogP) is 2.59. The van der Waals surface area contributed by atoms with Gasteiger partial charge in [0.1, 0.15) is 11.1 Å². The maximum absolute atomic E-state index is 11.8. The molecule has 0 spiro atoms. The molecule has 0 aromatic carbocycles. The first-order valence-corrected chi connectivity index (χ1v) is 6.30. The van der Waals surface area contributed by atoms with Crippen LogP contribution >= 0.6 is 0 Å². The molecule has 2 fully saturated rings. The van der Waals surface area contributed by atoms with Gasteiger partial charge in [0.2, 0.25) is 0 Å². The molecule has 0 unspecified atom stereocenters. The Bertz CT molecular complexity index is 345. The summed E-state index contributed by atoms with van der Waals surface area (Å²) in [5, 5.41) is 12.3. The Balaban J connectivity index is 2.03. The SMILES string of the molecule is CC(C)(C)OC(=O)NC(C#N)(C1CC1)C1CC1. The van der Waals surface area contributed by atoms with Gasteiger partial charge in [-0.25, -0.2) is 4.79 Å². The van der Waals surface area contributed by atoms with Gasteiger partial charge >= 0.3 is 6.09 Å². The first-order valence-electron chi connectivity index (χ1n) is 6.30. The standard InChI is InChI=1S/C13H20N2O2/c1-12(2,3)17-11(16)15-13(8-14,9-4-5-9)10-6-7-10/h9-10H,4-7H2,1-3H3,(H,15,16). The second-order valence-electron chi connectivity index (χ2n) is 6.16. The van der Waals surface area contributed by atoms with Crippen LogP contribution in [0.4, 0.5) is 4.79 Å². The number of carbonyl (C=O) groups excluding carboxylic acids is 1. The minimum atomic E-state index is -0.664. The van der Waals surface area contributed by atoms with Crippen LogP contribution in [-0.2, 0) is 4.74 Å². The van der Waals surface area contributed by atoms with E-state index in [9.17, 15) is 10.1 Å². The molecule has 0 aliphatic heterocycles. The molecular formula is C13H20N2O2. The number of hydrogen-bond donors (Lipinski definition) is 1. The first-order chi connectivity index (χ1) is 7.87. The number of alkyl carbamates (subject to hydrolysis) is 1. The van der Waals surface area contributed by atoms with Crippen LogP contribution in [-0.4, -0.2) is 17.2 Å². The van der Waals surface area contributed by atoms with Crippen LogP contribution in [0.5, 0.6) is 0 Å². The van der Waals surface area contributed by atoms with Crippen molar-refractivity contribution < 1.29 is 9.53 Å². The van der Waals surface area contributed by atoms with Gasteiger partial charge in [0, 0.05) is 0 Å². The van der Waals surface area contributed by atoms with Gasteiger partial charge < -0.3 is 10.1 Å². The molecule has 2 saturated carbocycles. The maximum Gasteiger partial charge on any atom is 0.408 e. The number of rotatable bonds is 3. The lowest BCUT2D eigenvalue weighted by atomic mass is 9.89. The molecule has 0 saturated heterocycles. The van der Waals surface area contributed by atoms with Crippen LogP contribution in [0.3, 0.4) is 0 Å². The van der Waals surface area contributed by atoms with Gasteiger partial charge in [0.25, 0.3) is 0 Å². The zero-order valence-electron chi connectivity index (χ0n) is 10.7. The Morgan fingerprint density at radius 2 is 1.71 bits per heavy atom. The summed E-state index contributed by atoms with van der Waals surface area (Å²) in [5.41, 5.74) is -1.18. The fourth-order valence-corrected chi connectivity index (χ4v) is 2.30. The predicted molar refractivity (Wildman–Crippen MR) is 63.2 cm³/mol. The Kier molecular flexibility index (Phi) is 2.81. The number of ether oxygens (including phenoxy) is 1. The highest BCUT2D eigenvalue weighted by Crippen LogP contribution is 2.51. The van der Waals surface area contributed by atoms with Gasteiger partial charge in [-0.3, -0.25) is 0 Å². The molecule has 0 atom stereocenters. The summed E-state index contributed by atoms with van der Waals surface area (Å²) in [6.45, 7) is 5.48. The van der Waals surface area contributed by atoms with Crippen molar-refractivity contribution >= 4 is 6.09 Å². The molecule has 4 nitrogen and oxygen atoms in total. The van der Waals surface area contributed by atoms with E-state index in [1.54, 1.807) is 0 Å². The molecule has 17 heavy (non-hydrogen) atoms. The number of carbonyl (C=O) groups is 1. The third-order valence-electron chi connectivity index (χ3n) is 3.34. The fourth-order valence-electron chi connectivity index (χ4n) is 2.30. The quantitative estimate of drug-likeness (QED) is 0.819. The summed E-state index contributed by atoms with van der Waals surface area (Å²) in [6.07, 6.45) is 3.71. The van der Waals surface area contributed by atoms with Crippen LogP contribution in [0.2, 0.25) is 0 Å². The number of nitrogens with zero attached hydrogens (tertiary/aromatic N) is 1. The van der Waals surface area contributed by atoms with E-state index in [1.165, 1.54) is 0 Å².